The lowest BCUT2D eigenvalue weighted by molar-refractivity contribution is -0.384. The zero-order chi connectivity index (χ0) is 23.3. The van der Waals surface area contributed by atoms with Crippen LogP contribution in [0.3, 0.4) is 0 Å². The van der Waals surface area contributed by atoms with Crippen molar-refractivity contribution in [2.45, 2.75) is 25.5 Å². The number of carbonyl (C=O) groups is 2. The maximum absolute atomic E-state index is 13.0. The molecule has 0 unspecified atom stereocenters. The molecule has 3 rings (SSSR count). The minimum atomic E-state index is -0.644. The van der Waals surface area contributed by atoms with Gasteiger partial charge >= 0.3 is 0 Å². The van der Waals surface area contributed by atoms with Gasteiger partial charge < -0.3 is 10.1 Å². The standard InChI is InChI=1S/C22H24N4O5S/c1-14-7-8-15(2)18(11-14)24-22-25(9-10-31-3)21(28)19(32-22)13-20(27)23-16-5-4-6-17(12-16)26(29)30/h4-8,11-12,19H,9-10,13H2,1-3H3,(H,23,27)/t19-/m0/s1. The Hall–Kier alpha value is -3.24. The first-order valence-corrected chi connectivity index (χ1v) is 10.8. The molecule has 1 saturated heterocycles. The molecule has 1 aliphatic heterocycles. The van der Waals surface area contributed by atoms with E-state index in [0.29, 0.717) is 24.0 Å². The van der Waals surface area contributed by atoms with Crippen LogP contribution in [0.1, 0.15) is 17.5 Å². The van der Waals surface area contributed by atoms with Crippen LogP contribution in [0.4, 0.5) is 17.1 Å². The Labute approximate surface area is 190 Å². The Bertz CT molecular complexity index is 1070. The van der Waals surface area contributed by atoms with Gasteiger partial charge in [0.1, 0.15) is 5.25 Å². The average molecular weight is 457 g/mol. The summed E-state index contributed by atoms with van der Waals surface area (Å²) in [6.45, 7) is 4.59. The highest BCUT2D eigenvalue weighted by molar-refractivity contribution is 8.15. The van der Waals surface area contributed by atoms with Crippen LogP contribution in [0, 0.1) is 24.0 Å². The number of rotatable bonds is 8. The predicted octanol–water partition coefficient (Wildman–Crippen LogP) is 3.82. The van der Waals surface area contributed by atoms with Crippen LogP contribution < -0.4 is 5.32 Å². The van der Waals surface area contributed by atoms with E-state index in [4.69, 9.17) is 9.73 Å². The molecule has 2 amide bonds. The molecule has 1 heterocycles. The van der Waals surface area contributed by atoms with Crippen LogP contribution in [0.2, 0.25) is 0 Å². The summed E-state index contributed by atoms with van der Waals surface area (Å²) in [5, 5.41) is 13.4. The van der Waals surface area contributed by atoms with Crippen molar-refractivity contribution >= 4 is 45.8 Å². The molecular formula is C22H24N4O5S. The summed E-state index contributed by atoms with van der Waals surface area (Å²) in [6, 6.07) is 11.6. The third kappa shape index (κ3) is 5.71. The minimum absolute atomic E-state index is 0.0819. The quantitative estimate of drug-likeness (QED) is 0.477. The van der Waals surface area contributed by atoms with Gasteiger partial charge in [-0.3, -0.25) is 24.6 Å². The van der Waals surface area contributed by atoms with Crippen molar-refractivity contribution in [3.8, 4) is 0 Å². The number of benzene rings is 2. The lowest BCUT2D eigenvalue weighted by atomic mass is 10.1. The molecule has 0 saturated carbocycles. The van der Waals surface area contributed by atoms with Crippen LogP contribution in [0.15, 0.2) is 47.5 Å². The molecule has 1 aliphatic rings. The van der Waals surface area contributed by atoms with Crippen molar-refractivity contribution in [2.75, 3.05) is 25.6 Å². The fraction of sp³-hybridized carbons (Fsp3) is 0.318. The van der Waals surface area contributed by atoms with Crippen molar-refractivity contribution < 1.29 is 19.2 Å². The molecule has 0 spiro atoms. The number of nitro groups is 1. The predicted molar refractivity (Wildman–Crippen MR) is 124 cm³/mol. The molecule has 1 fully saturated rings. The van der Waals surface area contributed by atoms with Gasteiger partial charge in [0, 0.05) is 31.4 Å². The molecule has 168 valence electrons. The highest BCUT2D eigenvalue weighted by Gasteiger charge is 2.39. The van der Waals surface area contributed by atoms with Crippen LogP contribution in [-0.4, -0.2) is 52.3 Å². The second kappa shape index (κ2) is 10.4. The number of aryl methyl sites for hydroxylation is 2. The van der Waals surface area contributed by atoms with Crippen molar-refractivity contribution in [1.29, 1.82) is 0 Å². The number of ether oxygens (including phenoxy) is 1. The van der Waals surface area contributed by atoms with Gasteiger partial charge in [-0.15, -0.1) is 0 Å². The topological polar surface area (TPSA) is 114 Å². The van der Waals surface area contributed by atoms with Crippen LogP contribution in [0.5, 0.6) is 0 Å². The average Bonchev–Trinajstić information content (AvgIpc) is 3.03. The molecular weight excluding hydrogens is 432 g/mol. The second-order valence-corrected chi connectivity index (χ2v) is 8.50. The van der Waals surface area contributed by atoms with Crippen molar-refractivity contribution in [3.05, 3.63) is 63.7 Å². The summed E-state index contributed by atoms with van der Waals surface area (Å²) in [6.07, 6.45) is -0.0819. The molecule has 2 aromatic carbocycles. The van der Waals surface area contributed by atoms with Gasteiger partial charge in [-0.05, 0) is 37.1 Å². The number of amides is 2. The van der Waals surface area contributed by atoms with E-state index in [9.17, 15) is 19.7 Å². The number of non-ortho nitro benzene ring substituents is 1. The number of carbonyl (C=O) groups excluding carboxylic acids is 2. The number of methoxy groups -OCH3 is 1. The number of aliphatic imine (C=N–C) groups is 1. The van der Waals surface area contributed by atoms with Gasteiger partial charge in [0.2, 0.25) is 11.8 Å². The van der Waals surface area contributed by atoms with E-state index in [-0.39, 0.29) is 18.0 Å². The first kappa shape index (κ1) is 23.4. The van der Waals surface area contributed by atoms with E-state index in [1.807, 2.05) is 32.0 Å². The SMILES string of the molecule is COCCN1C(=O)[C@H](CC(=O)Nc2cccc([N+](=O)[O-])c2)SC1=Nc1cc(C)ccc1C. The maximum Gasteiger partial charge on any atom is 0.271 e. The summed E-state index contributed by atoms with van der Waals surface area (Å²) in [5.41, 5.74) is 2.99. The number of hydrogen-bond acceptors (Lipinski definition) is 7. The van der Waals surface area contributed by atoms with E-state index in [0.717, 1.165) is 16.8 Å². The van der Waals surface area contributed by atoms with Gasteiger partial charge in [0.15, 0.2) is 5.17 Å². The van der Waals surface area contributed by atoms with Crippen LogP contribution in [-0.2, 0) is 14.3 Å². The molecule has 32 heavy (non-hydrogen) atoms. The number of nitro benzene ring substituents is 1. The molecule has 1 atom stereocenters. The van der Waals surface area contributed by atoms with E-state index >= 15 is 0 Å². The molecule has 1 N–H and O–H groups in total. The van der Waals surface area contributed by atoms with Gasteiger partial charge in [-0.1, -0.05) is 30.0 Å². The largest absolute Gasteiger partial charge is 0.383 e. The zero-order valence-electron chi connectivity index (χ0n) is 18.0. The Kier molecular flexibility index (Phi) is 7.60. The van der Waals surface area contributed by atoms with Crippen molar-refractivity contribution in [1.82, 2.24) is 4.90 Å². The van der Waals surface area contributed by atoms with E-state index in [1.54, 1.807) is 18.1 Å². The zero-order valence-corrected chi connectivity index (χ0v) is 18.8. The third-order valence-corrected chi connectivity index (χ3v) is 6.01. The van der Waals surface area contributed by atoms with Crippen molar-refractivity contribution in [2.24, 2.45) is 4.99 Å². The Morgan fingerprint density at radius 3 is 2.78 bits per heavy atom. The lowest BCUT2D eigenvalue weighted by Crippen LogP contribution is -2.35. The molecule has 9 nitrogen and oxygen atoms in total. The molecule has 0 bridgehead atoms. The highest BCUT2D eigenvalue weighted by Crippen LogP contribution is 2.33. The number of nitrogens with zero attached hydrogens (tertiary/aromatic N) is 3. The number of nitrogens with one attached hydrogen (secondary N) is 1. The minimum Gasteiger partial charge on any atom is -0.383 e. The number of hydrogen-bond donors (Lipinski definition) is 1. The summed E-state index contributed by atoms with van der Waals surface area (Å²) in [4.78, 5) is 42.2. The Morgan fingerprint density at radius 1 is 1.28 bits per heavy atom. The monoisotopic (exact) mass is 456 g/mol. The van der Waals surface area contributed by atoms with Gasteiger partial charge in [0.05, 0.1) is 23.8 Å². The first-order valence-electron chi connectivity index (χ1n) is 9.95. The fourth-order valence-corrected chi connectivity index (χ4v) is 4.31. The van der Waals surface area contributed by atoms with Crippen LogP contribution >= 0.6 is 11.8 Å². The summed E-state index contributed by atoms with van der Waals surface area (Å²) < 4.78 is 5.13. The second-order valence-electron chi connectivity index (χ2n) is 7.33. The summed E-state index contributed by atoms with van der Waals surface area (Å²) in [5.74, 6) is -0.624. The molecule has 0 radical (unpaired) electrons. The molecule has 0 aromatic heterocycles. The van der Waals surface area contributed by atoms with Gasteiger partial charge in [0.25, 0.3) is 5.69 Å². The van der Waals surface area contributed by atoms with E-state index in [2.05, 4.69) is 5.32 Å². The lowest BCUT2D eigenvalue weighted by Gasteiger charge is -2.16. The van der Waals surface area contributed by atoms with Crippen LogP contribution in [0.25, 0.3) is 0 Å². The maximum atomic E-state index is 13.0. The molecule has 0 aliphatic carbocycles. The van der Waals surface area contributed by atoms with Gasteiger partial charge in [-0.25, -0.2) is 4.99 Å². The third-order valence-electron chi connectivity index (χ3n) is 4.83. The summed E-state index contributed by atoms with van der Waals surface area (Å²) >= 11 is 1.24. The Balaban J connectivity index is 1.77. The van der Waals surface area contributed by atoms with Gasteiger partial charge in [-0.2, -0.15) is 0 Å². The molecule has 10 heteroatoms. The van der Waals surface area contributed by atoms with E-state index < -0.39 is 16.1 Å². The first-order chi connectivity index (χ1) is 15.3. The number of anilines is 1. The van der Waals surface area contributed by atoms with E-state index in [1.165, 1.54) is 30.0 Å². The summed E-state index contributed by atoms with van der Waals surface area (Å²) in [7, 11) is 1.55. The fourth-order valence-electron chi connectivity index (χ4n) is 3.13. The Morgan fingerprint density at radius 2 is 2.06 bits per heavy atom. The molecule has 2 aromatic rings. The number of thioether (sulfide) groups is 1. The smallest absolute Gasteiger partial charge is 0.271 e. The normalized spacial score (nSPS) is 17.1. The van der Waals surface area contributed by atoms with Crippen molar-refractivity contribution in [3.63, 3.8) is 0 Å². The number of amidine groups is 1. The highest BCUT2D eigenvalue weighted by atomic mass is 32.2.